The Morgan fingerprint density at radius 1 is 1.26 bits per heavy atom. The lowest BCUT2D eigenvalue weighted by atomic mass is 9.97. The van der Waals surface area contributed by atoms with Crippen molar-refractivity contribution in [2.45, 2.75) is 42.4 Å². The molecule has 1 aliphatic carbocycles. The fraction of sp³-hybridized carbons (Fsp3) is 0.263. The van der Waals surface area contributed by atoms with E-state index in [2.05, 4.69) is 16.5 Å². The van der Waals surface area contributed by atoms with Gasteiger partial charge in [-0.15, -0.1) is 29.3 Å². The Bertz CT molecular complexity index is 1240. The summed E-state index contributed by atoms with van der Waals surface area (Å²) in [6.45, 7) is 4.22. The highest BCUT2D eigenvalue weighted by Gasteiger charge is 2.22. The molecule has 27 heavy (non-hydrogen) atoms. The zero-order chi connectivity index (χ0) is 18.4. The van der Waals surface area contributed by atoms with Gasteiger partial charge in [0.2, 0.25) is 0 Å². The van der Waals surface area contributed by atoms with Gasteiger partial charge in [0, 0.05) is 16.8 Å². The zero-order valence-corrected chi connectivity index (χ0v) is 16.9. The van der Waals surface area contributed by atoms with Crippen LogP contribution in [0.2, 0.25) is 0 Å². The molecule has 4 heterocycles. The van der Waals surface area contributed by atoms with Gasteiger partial charge in [-0.3, -0.25) is 9.36 Å². The lowest BCUT2D eigenvalue weighted by molar-refractivity contribution is 0.672. The van der Waals surface area contributed by atoms with E-state index >= 15 is 0 Å². The Morgan fingerprint density at radius 3 is 3.04 bits per heavy atom. The molecule has 0 saturated carbocycles. The van der Waals surface area contributed by atoms with E-state index in [1.165, 1.54) is 46.4 Å². The average Bonchev–Trinajstić information content (AvgIpc) is 3.29. The Kier molecular flexibility index (Phi) is 4.34. The summed E-state index contributed by atoms with van der Waals surface area (Å²) in [5.41, 5.74) is 1.36. The van der Waals surface area contributed by atoms with Gasteiger partial charge >= 0.3 is 0 Å². The molecule has 0 aliphatic heterocycles. The summed E-state index contributed by atoms with van der Waals surface area (Å²) in [5, 5.41) is 5.26. The SMILES string of the molecule is C=CCn1c(Sc2ncnc3sc4c(c23)CCCC4)nc2sccc2c1=O. The topological polar surface area (TPSA) is 60.7 Å². The van der Waals surface area contributed by atoms with E-state index < -0.39 is 0 Å². The lowest BCUT2D eigenvalue weighted by Crippen LogP contribution is -2.22. The minimum Gasteiger partial charge on any atom is -0.283 e. The Hall–Kier alpha value is -2.03. The van der Waals surface area contributed by atoms with E-state index in [0.29, 0.717) is 17.1 Å². The fourth-order valence-corrected chi connectivity index (χ4v) is 6.63. The van der Waals surface area contributed by atoms with Crippen LogP contribution in [0.1, 0.15) is 23.3 Å². The quantitative estimate of drug-likeness (QED) is 0.277. The molecule has 0 fully saturated rings. The monoisotopic (exact) mass is 412 g/mol. The van der Waals surface area contributed by atoms with Crippen LogP contribution in [-0.4, -0.2) is 19.5 Å². The largest absolute Gasteiger partial charge is 0.283 e. The molecule has 0 atom stereocenters. The van der Waals surface area contributed by atoms with Gasteiger partial charge in [-0.2, -0.15) is 0 Å². The smallest absolute Gasteiger partial charge is 0.263 e. The second-order valence-electron chi connectivity index (χ2n) is 6.41. The van der Waals surface area contributed by atoms with Gasteiger partial charge in [0.05, 0.1) is 5.39 Å². The van der Waals surface area contributed by atoms with E-state index in [9.17, 15) is 4.79 Å². The number of fused-ring (bicyclic) bond motifs is 4. The Morgan fingerprint density at radius 2 is 2.15 bits per heavy atom. The molecular formula is C19H16N4OS3. The minimum atomic E-state index is -0.0266. The summed E-state index contributed by atoms with van der Waals surface area (Å²) in [4.78, 5) is 29.9. The molecule has 1 aliphatic rings. The number of allylic oxidation sites excluding steroid dienone is 1. The molecule has 0 spiro atoms. The summed E-state index contributed by atoms with van der Waals surface area (Å²) in [6.07, 6.45) is 8.00. The van der Waals surface area contributed by atoms with Crippen LogP contribution in [0.25, 0.3) is 20.4 Å². The molecule has 0 saturated heterocycles. The van der Waals surface area contributed by atoms with E-state index in [1.54, 1.807) is 28.3 Å². The second kappa shape index (κ2) is 6.85. The van der Waals surface area contributed by atoms with Gasteiger partial charge in [-0.1, -0.05) is 6.08 Å². The summed E-state index contributed by atoms with van der Waals surface area (Å²) in [6, 6.07) is 1.83. The van der Waals surface area contributed by atoms with Gasteiger partial charge in [-0.05, 0) is 54.5 Å². The number of hydrogen-bond acceptors (Lipinski definition) is 7. The molecule has 5 nitrogen and oxygen atoms in total. The molecule has 0 radical (unpaired) electrons. The maximum atomic E-state index is 12.9. The minimum absolute atomic E-state index is 0.0266. The van der Waals surface area contributed by atoms with Crippen LogP contribution < -0.4 is 5.56 Å². The highest BCUT2D eigenvalue weighted by atomic mass is 32.2. The normalized spacial score (nSPS) is 13.9. The van der Waals surface area contributed by atoms with E-state index in [0.717, 1.165) is 32.9 Å². The average molecular weight is 413 g/mol. The van der Waals surface area contributed by atoms with Crippen molar-refractivity contribution < 1.29 is 0 Å². The number of thiophene rings is 2. The van der Waals surface area contributed by atoms with Crippen LogP contribution >= 0.6 is 34.4 Å². The predicted molar refractivity (Wildman–Crippen MR) is 112 cm³/mol. The standard InChI is InChI=1S/C19H16N4OS3/c1-2-8-23-18(24)12-7-9-25-15(12)22-19(23)27-17-14-11-5-3-4-6-13(11)26-16(14)20-10-21-17/h2,7,9-10H,1,3-6,8H2. The Balaban J connectivity index is 1.69. The molecule has 0 amide bonds. The van der Waals surface area contributed by atoms with Crippen LogP contribution in [0, 0.1) is 0 Å². The van der Waals surface area contributed by atoms with Crippen molar-refractivity contribution in [3.8, 4) is 0 Å². The number of hydrogen-bond donors (Lipinski definition) is 0. The first-order chi connectivity index (χ1) is 13.3. The number of aryl methyl sites for hydroxylation is 2. The first kappa shape index (κ1) is 17.1. The van der Waals surface area contributed by atoms with Crippen LogP contribution in [-0.2, 0) is 19.4 Å². The third kappa shape index (κ3) is 2.83. The van der Waals surface area contributed by atoms with Gasteiger partial charge in [0.25, 0.3) is 5.56 Å². The molecule has 5 rings (SSSR count). The maximum absolute atomic E-state index is 12.9. The molecule has 0 bridgehead atoms. The van der Waals surface area contributed by atoms with Gasteiger partial charge in [-0.25, -0.2) is 15.0 Å². The van der Waals surface area contributed by atoms with Gasteiger partial charge in [0.15, 0.2) is 5.16 Å². The molecule has 136 valence electrons. The molecular weight excluding hydrogens is 396 g/mol. The first-order valence-corrected chi connectivity index (χ1v) is 11.3. The van der Waals surface area contributed by atoms with Gasteiger partial charge in [0.1, 0.15) is 21.0 Å². The fourth-order valence-electron chi connectivity index (χ4n) is 3.52. The van der Waals surface area contributed by atoms with Crippen molar-refractivity contribution in [2.75, 3.05) is 0 Å². The van der Waals surface area contributed by atoms with Crippen molar-refractivity contribution in [1.29, 1.82) is 0 Å². The summed E-state index contributed by atoms with van der Waals surface area (Å²) < 4.78 is 1.68. The number of rotatable bonds is 4. The van der Waals surface area contributed by atoms with Gasteiger partial charge < -0.3 is 0 Å². The summed E-state index contributed by atoms with van der Waals surface area (Å²) in [7, 11) is 0. The predicted octanol–water partition coefficient (Wildman–Crippen LogP) is 4.68. The molecule has 4 aromatic heterocycles. The van der Waals surface area contributed by atoms with Crippen LogP contribution in [0.15, 0.2) is 45.4 Å². The molecule has 0 N–H and O–H groups in total. The molecule has 0 unspecified atom stereocenters. The van der Waals surface area contributed by atoms with Crippen LogP contribution in [0.5, 0.6) is 0 Å². The first-order valence-electron chi connectivity index (χ1n) is 8.78. The summed E-state index contributed by atoms with van der Waals surface area (Å²) >= 11 is 4.73. The third-order valence-corrected chi connectivity index (χ3v) is 7.77. The molecule has 4 aromatic rings. The van der Waals surface area contributed by atoms with Crippen molar-refractivity contribution >= 4 is 54.9 Å². The van der Waals surface area contributed by atoms with Crippen LogP contribution in [0.4, 0.5) is 0 Å². The van der Waals surface area contributed by atoms with Crippen molar-refractivity contribution in [3.63, 3.8) is 0 Å². The van der Waals surface area contributed by atoms with E-state index in [1.807, 2.05) is 11.4 Å². The maximum Gasteiger partial charge on any atom is 0.263 e. The number of nitrogens with zero attached hydrogens (tertiary/aromatic N) is 4. The second-order valence-corrected chi connectivity index (χ2v) is 9.34. The molecule has 8 heteroatoms. The summed E-state index contributed by atoms with van der Waals surface area (Å²) in [5.74, 6) is 0. The van der Waals surface area contributed by atoms with Crippen molar-refractivity contribution in [1.82, 2.24) is 19.5 Å². The molecule has 0 aromatic carbocycles. The van der Waals surface area contributed by atoms with Crippen molar-refractivity contribution in [3.05, 3.63) is 51.2 Å². The van der Waals surface area contributed by atoms with Crippen molar-refractivity contribution in [2.24, 2.45) is 0 Å². The highest BCUT2D eigenvalue weighted by molar-refractivity contribution is 7.99. The van der Waals surface area contributed by atoms with E-state index in [4.69, 9.17) is 4.98 Å². The Labute approximate surface area is 167 Å². The highest BCUT2D eigenvalue weighted by Crippen LogP contribution is 2.40. The number of aromatic nitrogens is 4. The third-order valence-electron chi connectivity index (χ3n) is 4.76. The lowest BCUT2D eigenvalue weighted by Gasteiger charge is -2.12. The van der Waals surface area contributed by atoms with E-state index in [-0.39, 0.29) is 5.56 Å². The van der Waals surface area contributed by atoms with Crippen LogP contribution in [0.3, 0.4) is 0 Å². The zero-order valence-electron chi connectivity index (χ0n) is 14.5.